The lowest BCUT2D eigenvalue weighted by atomic mass is 9.77. The van der Waals surface area contributed by atoms with Crippen molar-refractivity contribution in [1.82, 2.24) is 29.8 Å². The van der Waals surface area contributed by atoms with Gasteiger partial charge in [-0.2, -0.15) is 0 Å². The lowest BCUT2D eigenvalue weighted by Gasteiger charge is -2.48. The molecule has 4 N–H and O–H groups in total. The van der Waals surface area contributed by atoms with Gasteiger partial charge in [0.1, 0.15) is 30.6 Å². The summed E-state index contributed by atoms with van der Waals surface area (Å²) in [6, 6.07) is 11.0. The molecule has 0 amide bonds. The van der Waals surface area contributed by atoms with Crippen molar-refractivity contribution in [1.29, 1.82) is 0 Å². The third-order valence-electron chi connectivity index (χ3n) is 16.3. The van der Waals surface area contributed by atoms with Gasteiger partial charge in [0.15, 0.2) is 12.6 Å². The van der Waals surface area contributed by atoms with Crippen LogP contribution < -0.4 is 0 Å². The van der Waals surface area contributed by atoms with Crippen LogP contribution in [0.5, 0.6) is 0 Å². The van der Waals surface area contributed by atoms with Gasteiger partial charge in [-0.25, -0.2) is 9.07 Å². The molecule has 2 aromatic heterocycles. The van der Waals surface area contributed by atoms with E-state index >= 15 is 0 Å². The number of nitrogens with zero attached hydrogens (tertiary/aromatic N) is 6. The first-order valence-corrected chi connectivity index (χ1v) is 26.5. The first-order chi connectivity index (χ1) is 34.4. The topological polar surface area (TPSA) is 203 Å². The number of aliphatic hydroxyl groups excluding tert-OH is 2. The summed E-state index contributed by atoms with van der Waals surface area (Å²) in [6.07, 6.45) is 0.284. The molecule has 73 heavy (non-hydrogen) atoms. The summed E-state index contributed by atoms with van der Waals surface area (Å²) in [6.45, 7) is 18.5. The number of alkyl halides is 1. The number of ether oxygens (including phenoxy) is 6. The van der Waals surface area contributed by atoms with Crippen LogP contribution >= 0.6 is 0 Å². The molecule has 6 rings (SSSR count). The fourth-order valence-corrected chi connectivity index (χ4v) is 11.6. The van der Waals surface area contributed by atoms with Gasteiger partial charge >= 0.3 is 5.97 Å². The molecule has 0 aliphatic carbocycles. The third-order valence-corrected chi connectivity index (χ3v) is 16.3. The maximum atomic E-state index is 14.6. The van der Waals surface area contributed by atoms with E-state index in [1.807, 2.05) is 82.2 Å². The van der Waals surface area contributed by atoms with Crippen molar-refractivity contribution in [3.8, 4) is 11.1 Å². The molecule has 18 atom stereocenters. The number of pyridine rings is 1. The van der Waals surface area contributed by atoms with E-state index in [-0.39, 0.29) is 37.3 Å². The second-order valence-electron chi connectivity index (χ2n) is 22.5. The number of hydrogen-bond acceptors (Lipinski definition) is 16. The molecular formula is C55H87FN6O11. The van der Waals surface area contributed by atoms with E-state index in [0.29, 0.717) is 32.4 Å². The maximum Gasteiger partial charge on any atom is 0.311 e. The molecule has 18 heteroatoms. The minimum atomic E-state index is -1.82. The Hall–Kier alpha value is -3.53. The number of esters is 1. The van der Waals surface area contributed by atoms with Crippen molar-refractivity contribution >= 4 is 5.97 Å². The number of aliphatic hydroxyl groups is 4. The highest BCUT2D eigenvalue weighted by Gasteiger charge is 2.52. The molecule has 1 aromatic carbocycles. The van der Waals surface area contributed by atoms with Crippen molar-refractivity contribution in [2.24, 2.45) is 17.8 Å². The zero-order valence-electron chi connectivity index (χ0n) is 45.6. The van der Waals surface area contributed by atoms with Crippen molar-refractivity contribution < 1.29 is 58.0 Å². The number of likely N-dealkylation sites (N-methyl/N-ethyl adjacent to an activating group) is 2. The lowest BCUT2D eigenvalue weighted by Crippen LogP contribution is -2.59. The molecule has 0 spiro atoms. The fraction of sp³-hybridized carbons (Fsp3) is 0.745. The largest absolute Gasteiger partial charge is 0.459 e. The van der Waals surface area contributed by atoms with Crippen LogP contribution in [0.15, 0.2) is 55.0 Å². The molecule has 0 unspecified atom stereocenters. The molecule has 3 aliphatic heterocycles. The van der Waals surface area contributed by atoms with E-state index in [9.17, 15) is 29.6 Å². The standard InChI is InChI=1S/C55H87FN6O11/c1-14-45-55(10,67)49(63)37(6)61(12)31-33(2)28-53(8,66)51(35(4)48(36(5)52(65)71-45)72-47-29-54(9,68-13)50(64)38(7)70-47)73-46-27-43(25-34(3)69-46)60(11)24-21-42-32-62(59-58-42)44(30-56)26-39-15-17-40(18-16-39)41-19-22-57-23-20-41/h15-20,22-23,32-38,43-51,63-64,66-67H,14,21,24-31H2,1-13H3/t33-,34-,35+,36-,37-,38+,43+,44+,45-,46+,47+,48+,49-,50+,51-,53-,54-,55-/m1/s1. The van der Waals surface area contributed by atoms with Crippen molar-refractivity contribution in [2.75, 3.05) is 41.0 Å². The second kappa shape index (κ2) is 25.1. The molecule has 0 saturated carbocycles. The van der Waals surface area contributed by atoms with Crippen LogP contribution in [0.2, 0.25) is 0 Å². The van der Waals surface area contributed by atoms with Crippen LogP contribution in [0.25, 0.3) is 11.1 Å². The Kier molecular flexibility index (Phi) is 20.2. The summed E-state index contributed by atoms with van der Waals surface area (Å²) in [5.41, 5.74) is -0.503. The number of aromatic nitrogens is 4. The Morgan fingerprint density at radius 3 is 2.23 bits per heavy atom. The van der Waals surface area contributed by atoms with Crippen molar-refractivity contribution in [2.45, 2.75) is 204 Å². The maximum absolute atomic E-state index is 14.6. The van der Waals surface area contributed by atoms with Gasteiger partial charge in [0.05, 0.1) is 53.3 Å². The molecule has 0 bridgehead atoms. The monoisotopic (exact) mass is 1030 g/mol. The predicted octanol–water partition coefficient (Wildman–Crippen LogP) is 5.95. The van der Waals surface area contributed by atoms with Gasteiger partial charge < -0.3 is 58.6 Å². The highest BCUT2D eigenvalue weighted by Crippen LogP contribution is 2.40. The van der Waals surface area contributed by atoms with E-state index in [2.05, 4.69) is 27.2 Å². The molecule has 17 nitrogen and oxygen atoms in total. The number of rotatable bonds is 15. The zero-order valence-corrected chi connectivity index (χ0v) is 45.6. The summed E-state index contributed by atoms with van der Waals surface area (Å²) in [7, 11) is 5.44. The molecule has 3 aliphatic rings. The molecule has 3 aromatic rings. The van der Waals surface area contributed by atoms with Crippen molar-refractivity contribution in [3.05, 3.63) is 66.2 Å². The van der Waals surface area contributed by atoms with Gasteiger partial charge in [-0.3, -0.25) is 9.78 Å². The van der Waals surface area contributed by atoms with Crippen LogP contribution in [-0.4, -0.2) is 181 Å². The van der Waals surface area contributed by atoms with Gasteiger partial charge in [0.25, 0.3) is 0 Å². The quantitative estimate of drug-likeness (QED) is 0.130. The minimum Gasteiger partial charge on any atom is -0.459 e. The summed E-state index contributed by atoms with van der Waals surface area (Å²) >= 11 is 0. The molecule has 5 heterocycles. The van der Waals surface area contributed by atoms with E-state index < -0.39 is 103 Å². The third kappa shape index (κ3) is 14.3. The number of benzene rings is 1. The molecule has 3 fully saturated rings. The first-order valence-electron chi connectivity index (χ1n) is 26.5. The first kappa shape index (κ1) is 58.7. The SMILES string of the molecule is CC[C@H]1OC(=O)[C@H](C)[C@@H](O[C@H]2C[C@@](C)(OC)[C@@H](O)[C@H](C)O2)[C@H](C)[C@@H](O[C@H]2C[C@@H](N(C)CCc3cn([C@H](CF)Cc4ccc(-c5ccncc5)cc4)nn3)C[C@@H](C)O2)[C@](C)(O)C[C@@H](C)CN(C)[C@H](C)[C@@H](O)[C@]1(C)O. The number of carbonyl (C=O) groups excluding carboxylic acids is 1. The van der Waals surface area contributed by atoms with E-state index in [4.69, 9.17) is 28.4 Å². The Labute approximate surface area is 433 Å². The Morgan fingerprint density at radius 1 is 0.918 bits per heavy atom. The number of hydrogen-bond donors (Lipinski definition) is 4. The average molecular weight is 1030 g/mol. The smallest absolute Gasteiger partial charge is 0.311 e. The van der Waals surface area contributed by atoms with Gasteiger partial charge in [-0.15, -0.1) is 5.10 Å². The second-order valence-corrected chi connectivity index (χ2v) is 22.5. The average Bonchev–Trinajstić information content (AvgIpc) is 3.84. The van der Waals surface area contributed by atoms with Crippen LogP contribution in [0.4, 0.5) is 4.39 Å². The Balaban J connectivity index is 1.22. The minimum absolute atomic E-state index is 0.00972. The summed E-state index contributed by atoms with van der Waals surface area (Å²) in [4.78, 5) is 22.8. The highest BCUT2D eigenvalue weighted by molar-refractivity contribution is 5.73. The van der Waals surface area contributed by atoms with Gasteiger partial charge in [-0.1, -0.05) is 50.3 Å². The fourth-order valence-electron chi connectivity index (χ4n) is 11.6. The molecule has 3 saturated heterocycles. The van der Waals surface area contributed by atoms with Gasteiger partial charge in [0.2, 0.25) is 0 Å². The van der Waals surface area contributed by atoms with Crippen molar-refractivity contribution in [3.63, 3.8) is 0 Å². The van der Waals surface area contributed by atoms with E-state index in [0.717, 1.165) is 28.8 Å². The van der Waals surface area contributed by atoms with Crippen LogP contribution in [0, 0.1) is 17.8 Å². The van der Waals surface area contributed by atoms with E-state index in [1.54, 1.807) is 51.7 Å². The summed E-state index contributed by atoms with van der Waals surface area (Å²) in [5.74, 6) is -2.53. The van der Waals surface area contributed by atoms with Gasteiger partial charge in [0, 0.05) is 76.1 Å². The van der Waals surface area contributed by atoms with E-state index in [1.165, 1.54) is 14.0 Å². The van der Waals surface area contributed by atoms with Gasteiger partial charge in [-0.05, 0) is 123 Å². The molecule has 0 radical (unpaired) electrons. The predicted molar refractivity (Wildman–Crippen MR) is 274 cm³/mol. The Bertz CT molecular complexity index is 2170. The normalized spacial score (nSPS) is 38.1. The Morgan fingerprint density at radius 2 is 1.59 bits per heavy atom. The van der Waals surface area contributed by atoms with Crippen LogP contribution in [0.1, 0.15) is 119 Å². The number of carbonyl (C=O) groups is 1. The lowest BCUT2D eigenvalue weighted by molar-refractivity contribution is -0.308. The molecular weight excluding hydrogens is 940 g/mol. The summed E-state index contributed by atoms with van der Waals surface area (Å²) in [5, 5.41) is 56.3. The number of methoxy groups -OCH3 is 1. The molecule has 410 valence electrons. The number of halogens is 1. The highest BCUT2D eigenvalue weighted by atomic mass is 19.1. The van der Waals surface area contributed by atoms with Crippen LogP contribution in [-0.2, 0) is 46.1 Å². The summed E-state index contributed by atoms with van der Waals surface area (Å²) < 4.78 is 54.9. The zero-order chi connectivity index (χ0) is 53.6. The van der Waals surface area contributed by atoms with Crippen LogP contribution in [0.3, 0.4) is 0 Å². The number of cyclic esters (lactones) is 1.